The Morgan fingerprint density at radius 1 is 1.40 bits per heavy atom. The van der Waals surface area contributed by atoms with Gasteiger partial charge in [-0.3, -0.25) is 9.59 Å². The molecule has 0 spiro atoms. The number of phenolic OH excluding ortho intramolecular Hbond substituents is 1. The highest BCUT2D eigenvalue weighted by Crippen LogP contribution is 2.35. The molecule has 1 fully saturated rings. The molecule has 0 saturated carbocycles. The maximum Gasteiger partial charge on any atom is 0.237 e. The molecule has 2 rings (SSSR count). The van der Waals surface area contributed by atoms with Crippen LogP contribution in [0.15, 0.2) is 24.3 Å². The first-order valence-electron chi connectivity index (χ1n) is 6.66. The van der Waals surface area contributed by atoms with Gasteiger partial charge in [0.25, 0.3) is 0 Å². The lowest BCUT2D eigenvalue weighted by Crippen LogP contribution is -2.37. The van der Waals surface area contributed by atoms with Crippen LogP contribution in [-0.2, 0) is 9.59 Å². The number of carbonyl (C=O) groups is 2. The van der Waals surface area contributed by atoms with Crippen LogP contribution in [-0.4, -0.2) is 23.5 Å². The van der Waals surface area contributed by atoms with E-state index < -0.39 is 5.92 Å². The molecule has 0 unspecified atom stereocenters. The Kier molecular flexibility index (Phi) is 3.70. The number of hydrogen-bond donors (Lipinski definition) is 3. The second-order valence-corrected chi connectivity index (χ2v) is 6.23. The van der Waals surface area contributed by atoms with E-state index in [4.69, 9.17) is 0 Å². The van der Waals surface area contributed by atoms with Gasteiger partial charge in [-0.25, -0.2) is 0 Å². The normalized spacial score (nSPS) is 22.4. The number of nitrogens with one attached hydrogen (secondary N) is 2. The van der Waals surface area contributed by atoms with Crippen molar-refractivity contribution in [3.8, 4) is 5.75 Å². The van der Waals surface area contributed by atoms with Gasteiger partial charge in [0.1, 0.15) is 11.7 Å². The number of benzene rings is 1. The van der Waals surface area contributed by atoms with Crippen LogP contribution in [0.4, 0.5) is 5.69 Å². The van der Waals surface area contributed by atoms with Crippen molar-refractivity contribution in [2.75, 3.05) is 11.9 Å². The molecule has 3 N–H and O–H groups in total. The van der Waals surface area contributed by atoms with Crippen molar-refractivity contribution in [3.05, 3.63) is 24.3 Å². The summed E-state index contributed by atoms with van der Waals surface area (Å²) in [6.07, 6.45) is 0. The highest BCUT2D eigenvalue weighted by atomic mass is 16.3. The van der Waals surface area contributed by atoms with E-state index in [9.17, 15) is 14.7 Å². The van der Waals surface area contributed by atoms with Gasteiger partial charge >= 0.3 is 0 Å². The van der Waals surface area contributed by atoms with Gasteiger partial charge in [0.05, 0.1) is 0 Å². The summed E-state index contributed by atoms with van der Waals surface area (Å²) >= 11 is 0. The first-order chi connectivity index (χ1) is 9.29. The fraction of sp³-hybridized carbons (Fsp3) is 0.467. The molecule has 0 bridgehead atoms. The molecule has 2 amide bonds. The van der Waals surface area contributed by atoms with E-state index in [1.54, 1.807) is 12.1 Å². The Labute approximate surface area is 118 Å². The van der Waals surface area contributed by atoms with Crippen molar-refractivity contribution < 1.29 is 14.7 Å². The summed E-state index contributed by atoms with van der Waals surface area (Å²) in [5.74, 6) is -1.23. The molecule has 1 heterocycles. The number of aromatic hydroxyl groups is 1. The van der Waals surface area contributed by atoms with Crippen LogP contribution in [0, 0.1) is 17.3 Å². The summed E-state index contributed by atoms with van der Waals surface area (Å²) in [5.41, 5.74) is 0.349. The van der Waals surface area contributed by atoms with Crippen molar-refractivity contribution in [2.24, 2.45) is 17.3 Å². The minimum Gasteiger partial charge on any atom is -0.508 e. The zero-order chi connectivity index (χ0) is 14.9. The third kappa shape index (κ3) is 2.92. The largest absolute Gasteiger partial charge is 0.508 e. The van der Waals surface area contributed by atoms with E-state index in [0.29, 0.717) is 12.2 Å². The van der Waals surface area contributed by atoms with Crippen LogP contribution >= 0.6 is 0 Å². The third-order valence-corrected chi connectivity index (χ3v) is 3.69. The molecule has 1 aromatic carbocycles. The number of hydrogen-bond acceptors (Lipinski definition) is 3. The van der Waals surface area contributed by atoms with Crippen molar-refractivity contribution in [1.29, 1.82) is 0 Å². The average Bonchev–Trinajstić information content (AvgIpc) is 2.71. The van der Waals surface area contributed by atoms with E-state index in [2.05, 4.69) is 10.6 Å². The van der Waals surface area contributed by atoms with Gasteiger partial charge in [0, 0.05) is 24.2 Å². The minimum atomic E-state index is -0.697. The monoisotopic (exact) mass is 276 g/mol. The molecule has 20 heavy (non-hydrogen) atoms. The molecule has 0 aliphatic carbocycles. The first-order valence-corrected chi connectivity index (χ1v) is 6.66. The van der Waals surface area contributed by atoms with Crippen molar-refractivity contribution in [2.45, 2.75) is 20.8 Å². The van der Waals surface area contributed by atoms with Crippen LogP contribution in [0.3, 0.4) is 0 Å². The van der Waals surface area contributed by atoms with Gasteiger partial charge in [-0.2, -0.15) is 0 Å². The van der Waals surface area contributed by atoms with Gasteiger partial charge in [-0.05, 0) is 17.5 Å². The van der Waals surface area contributed by atoms with Gasteiger partial charge in [-0.15, -0.1) is 0 Å². The molecule has 0 radical (unpaired) electrons. The second kappa shape index (κ2) is 5.15. The predicted octanol–water partition coefficient (Wildman–Crippen LogP) is 1.74. The average molecular weight is 276 g/mol. The quantitative estimate of drug-likeness (QED) is 0.720. The Bertz CT molecular complexity index is 534. The summed E-state index contributed by atoms with van der Waals surface area (Å²) in [7, 11) is 0. The summed E-state index contributed by atoms with van der Waals surface area (Å²) in [4.78, 5) is 24.2. The zero-order valence-electron chi connectivity index (χ0n) is 11.9. The molecule has 1 aromatic rings. The van der Waals surface area contributed by atoms with Gasteiger partial charge in [-0.1, -0.05) is 26.8 Å². The Morgan fingerprint density at radius 2 is 2.10 bits per heavy atom. The fourth-order valence-electron chi connectivity index (χ4n) is 2.53. The van der Waals surface area contributed by atoms with Crippen molar-refractivity contribution in [1.82, 2.24) is 5.32 Å². The lowest BCUT2D eigenvalue weighted by molar-refractivity contribution is -0.132. The fourth-order valence-corrected chi connectivity index (χ4v) is 2.53. The number of rotatable bonds is 2. The lowest BCUT2D eigenvalue weighted by Gasteiger charge is -2.29. The molecule has 1 aliphatic heterocycles. The second-order valence-electron chi connectivity index (χ2n) is 6.23. The molecule has 0 aromatic heterocycles. The van der Waals surface area contributed by atoms with E-state index in [1.807, 2.05) is 20.8 Å². The van der Waals surface area contributed by atoms with Crippen LogP contribution in [0.5, 0.6) is 5.75 Å². The van der Waals surface area contributed by atoms with Crippen LogP contribution in [0.25, 0.3) is 0 Å². The maximum atomic E-state index is 12.3. The topological polar surface area (TPSA) is 78.4 Å². The minimum absolute atomic E-state index is 0.0488. The van der Waals surface area contributed by atoms with E-state index >= 15 is 0 Å². The standard InChI is InChI=1S/C15H20N2O3/c1-15(2,3)11-8-16-13(19)12(11)14(20)17-9-5-4-6-10(18)7-9/h4-7,11-12,18H,8H2,1-3H3,(H,16,19)(H,17,20)/t11-,12+/m0/s1. The number of amides is 2. The summed E-state index contributed by atoms with van der Waals surface area (Å²) in [6.45, 7) is 6.58. The highest BCUT2D eigenvalue weighted by Gasteiger charge is 2.45. The van der Waals surface area contributed by atoms with Crippen molar-refractivity contribution >= 4 is 17.5 Å². The summed E-state index contributed by atoms with van der Waals surface area (Å²) in [5, 5.41) is 14.8. The third-order valence-electron chi connectivity index (χ3n) is 3.69. The number of anilines is 1. The summed E-state index contributed by atoms with van der Waals surface area (Å²) in [6, 6.07) is 6.30. The van der Waals surface area contributed by atoms with E-state index in [-0.39, 0.29) is 28.9 Å². The van der Waals surface area contributed by atoms with Crippen molar-refractivity contribution in [3.63, 3.8) is 0 Å². The smallest absolute Gasteiger partial charge is 0.237 e. The zero-order valence-corrected chi connectivity index (χ0v) is 11.9. The molecular formula is C15H20N2O3. The molecule has 5 nitrogen and oxygen atoms in total. The summed E-state index contributed by atoms with van der Waals surface area (Å²) < 4.78 is 0. The molecule has 108 valence electrons. The maximum absolute atomic E-state index is 12.3. The Morgan fingerprint density at radius 3 is 2.70 bits per heavy atom. The molecule has 1 aliphatic rings. The van der Waals surface area contributed by atoms with E-state index in [0.717, 1.165) is 0 Å². The van der Waals surface area contributed by atoms with Crippen LogP contribution in [0.1, 0.15) is 20.8 Å². The number of phenols is 1. The molecule has 1 saturated heterocycles. The van der Waals surface area contributed by atoms with E-state index in [1.165, 1.54) is 12.1 Å². The van der Waals surface area contributed by atoms with Crippen LogP contribution < -0.4 is 10.6 Å². The van der Waals surface area contributed by atoms with Gasteiger partial charge in [0.15, 0.2) is 0 Å². The lowest BCUT2D eigenvalue weighted by atomic mass is 9.74. The van der Waals surface area contributed by atoms with Gasteiger partial charge < -0.3 is 15.7 Å². The Balaban J connectivity index is 2.17. The predicted molar refractivity (Wildman–Crippen MR) is 76.2 cm³/mol. The number of carbonyl (C=O) groups excluding carboxylic acids is 2. The van der Waals surface area contributed by atoms with Gasteiger partial charge in [0.2, 0.25) is 11.8 Å². The van der Waals surface area contributed by atoms with Crippen LogP contribution in [0.2, 0.25) is 0 Å². The molecule has 2 atom stereocenters. The Hall–Kier alpha value is -2.04. The molecular weight excluding hydrogens is 256 g/mol. The SMILES string of the molecule is CC(C)(C)[C@H]1CNC(=O)[C@@H]1C(=O)Nc1cccc(O)c1. The molecule has 5 heteroatoms. The first kappa shape index (κ1) is 14.4. The highest BCUT2D eigenvalue weighted by molar-refractivity contribution is 6.08.